The van der Waals surface area contributed by atoms with Crippen molar-refractivity contribution >= 4 is 11.6 Å². The maximum absolute atomic E-state index is 14.5. The molecule has 4 rings (SSSR count). The molecule has 4 aliphatic carbocycles. The molecule has 3 fully saturated rings. The van der Waals surface area contributed by atoms with Crippen molar-refractivity contribution in [3.8, 4) is 0 Å². The van der Waals surface area contributed by atoms with E-state index in [1.54, 1.807) is 0 Å². The fourth-order valence-corrected chi connectivity index (χ4v) is 6.40. The number of carbonyl (C=O) groups is 2. The molecule has 0 N–H and O–H groups in total. The molecule has 0 aromatic rings. The van der Waals surface area contributed by atoms with Crippen LogP contribution in [-0.2, 0) is 9.59 Å². The van der Waals surface area contributed by atoms with Crippen LogP contribution in [0.4, 0.5) is 4.39 Å². The van der Waals surface area contributed by atoms with Gasteiger partial charge in [0.15, 0.2) is 5.83 Å². The standard InChI is InChI=1S/C20H25FO2/c1-11-10-16(22)18(21)15-5-4-12-13-6-7-17(23)19(13,2)9-8-14(12)20(11,15)3/h10,12-14H,4-9H2,1-3H3/t12-,13-,14-,19-,20+/m0/s1. The number of carbonyl (C=O) groups excluding carboxylic acids is 2. The van der Waals surface area contributed by atoms with E-state index < -0.39 is 11.6 Å². The Balaban J connectivity index is 1.78. The van der Waals surface area contributed by atoms with Gasteiger partial charge in [-0.15, -0.1) is 0 Å². The number of ketones is 2. The zero-order valence-corrected chi connectivity index (χ0v) is 14.2. The number of hydrogen-bond acceptors (Lipinski definition) is 2. The van der Waals surface area contributed by atoms with Crippen molar-refractivity contribution in [2.75, 3.05) is 0 Å². The van der Waals surface area contributed by atoms with Gasteiger partial charge in [0.05, 0.1) is 0 Å². The molecule has 23 heavy (non-hydrogen) atoms. The second-order valence-corrected chi connectivity index (χ2v) is 8.52. The average molecular weight is 316 g/mol. The Labute approximate surface area is 137 Å². The lowest BCUT2D eigenvalue weighted by molar-refractivity contribution is -0.131. The van der Waals surface area contributed by atoms with Crippen molar-refractivity contribution in [1.29, 1.82) is 0 Å². The molecule has 0 unspecified atom stereocenters. The van der Waals surface area contributed by atoms with Crippen LogP contribution in [0, 0.1) is 28.6 Å². The summed E-state index contributed by atoms with van der Waals surface area (Å²) in [5, 5.41) is 0. The van der Waals surface area contributed by atoms with E-state index in [9.17, 15) is 14.0 Å². The summed E-state index contributed by atoms with van der Waals surface area (Å²) < 4.78 is 14.5. The predicted octanol–water partition coefficient (Wildman–Crippen LogP) is 4.55. The van der Waals surface area contributed by atoms with Crippen LogP contribution in [0.5, 0.6) is 0 Å². The summed E-state index contributed by atoms with van der Waals surface area (Å²) in [4.78, 5) is 24.3. The van der Waals surface area contributed by atoms with Gasteiger partial charge in [-0.3, -0.25) is 9.59 Å². The van der Waals surface area contributed by atoms with Gasteiger partial charge >= 0.3 is 0 Å². The topological polar surface area (TPSA) is 34.1 Å². The fourth-order valence-electron chi connectivity index (χ4n) is 6.40. The van der Waals surface area contributed by atoms with Crippen LogP contribution in [0.3, 0.4) is 0 Å². The fraction of sp³-hybridized carbons (Fsp3) is 0.700. The Morgan fingerprint density at radius 2 is 1.83 bits per heavy atom. The van der Waals surface area contributed by atoms with Crippen LogP contribution < -0.4 is 0 Å². The monoisotopic (exact) mass is 316 g/mol. The van der Waals surface area contributed by atoms with Crippen molar-refractivity contribution in [3.63, 3.8) is 0 Å². The first-order chi connectivity index (χ1) is 10.8. The third kappa shape index (κ3) is 1.74. The van der Waals surface area contributed by atoms with Gasteiger partial charge in [0.1, 0.15) is 5.78 Å². The summed E-state index contributed by atoms with van der Waals surface area (Å²) >= 11 is 0. The van der Waals surface area contributed by atoms with E-state index >= 15 is 0 Å². The molecular formula is C20H25FO2. The minimum Gasteiger partial charge on any atom is -0.299 e. The van der Waals surface area contributed by atoms with Crippen LogP contribution in [0.25, 0.3) is 0 Å². The highest BCUT2D eigenvalue weighted by Gasteiger charge is 2.60. The summed E-state index contributed by atoms with van der Waals surface area (Å²) in [5.41, 5.74) is 1.27. The van der Waals surface area contributed by atoms with Gasteiger partial charge in [0.2, 0.25) is 5.78 Å². The zero-order chi connectivity index (χ0) is 16.6. The Bertz CT molecular complexity index is 673. The van der Waals surface area contributed by atoms with E-state index in [4.69, 9.17) is 0 Å². The highest BCUT2D eigenvalue weighted by molar-refractivity contribution is 6.05. The minimum atomic E-state index is -0.507. The second-order valence-electron chi connectivity index (χ2n) is 8.52. The number of allylic oxidation sites excluding steroid dienone is 4. The maximum atomic E-state index is 14.5. The van der Waals surface area contributed by atoms with Gasteiger partial charge < -0.3 is 0 Å². The molecule has 0 aliphatic heterocycles. The molecule has 0 bridgehead atoms. The molecule has 2 nitrogen and oxygen atoms in total. The lowest BCUT2D eigenvalue weighted by atomic mass is 9.47. The summed E-state index contributed by atoms with van der Waals surface area (Å²) in [6.07, 6.45) is 6.70. The van der Waals surface area contributed by atoms with Crippen LogP contribution in [0.2, 0.25) is 0 Å². The molecular weight excluding hydrogens is 291 g/mol. The highest BCUT2D eigenvalue weighted by atomic mass is 19.1. The first kappa shape index (κ1) is 15.3. The second kappa shape index (κ2) is 4.64. The van der Waals surface area contributed by atoms with Gasteiger partial charge in [-0.1, -0.05) is 19.4 Å². The molecule has 0 heterocycles. The first-order valence-electron chi connectivity index (χ1n) is 8.95. The lowest BCUT2D eigenvalue weighted by Crippen LogP contribution is -2.51. The summed E-state index contributed by atoms with van der Waals surface area (Å²) in [6.45, 7) is 6.28. The van der Waals surface area contributed by atoms with Gasteiger partial charge in [0, 0.05) is 17.3 Å². The smallest absolute Gasteiger partial charge is 0.214 e. The molecule has 0 aromatic heterocycles. The number of rotatable bonds is 0. The molecule has 5 atom stereocenters. The number of Topliss-reactive ketones (excluding diaryl/α,β-unsaturated/α-hetero) is 1. The minimum absolute atomic E-state index is 0.153. The SMILES string of the molecule is CC1=CC(=O)C(F)=C2CC[C@@H]3[C@H](CC[C@]4(C)C(=O)CC[C@@H]34)[C@@]12C. The Kier molecular flexibility index (Phi) is 3.09. The molecule has 3 heteroatoms. The van der Waals surface area contributed by atoms with E-state index in [1.165, 1.54) is 6.08 Å². The largest absolute Gasteiger partial charge is 0.299 e. The molecule has 0 aromatic carbocycles. The third-order valence-corrected chi connectivity index (χ3v) is 7.89. The van der Waals surface area contributed by atoms with Crippen molar-refractivity contribution in [2.45, 2.75) is 59.3 Å². The Morgan fingerprint density at radius 1 is 1.09 bits per heavy atom. The third-order valence-electron chi connectivity index (χ3n) is 7.89. The Morgan fingerprint density at radius 3 is 2.57 bits per heavy atom. The molecule has 3 saturated carbocycles. The van der Waals surface area contributed by atoms with Gasteiger partial charge in [-0.2, -0.15) is 0 Å². The van der Waals surface area contributed by atoms with Crippen molar-refractivity contribution in [3.05, 3.63) is 23.0 Å². The molecule has 0 saturated heterocycles. The molecule has 0 amide bonds. The van der Waals surface area contributed by atoms with Gasteiger partial charge in [-0.05, 0) is 68.4 Å². The van der Waals surface area contributed by atoms with Gasteiger partial charge in [-0.25, -0.2) is 4.39 Å². The average Bonchev–Trinajstić information content (AvgIpc) is 2.81. The van der Waals surface area contributed by atoms with Crippen LogP contribution in [-0.4, -0.2) is 11.6 Å². The quantitative estimate of drug-likeness (QED) is 0.657. The number of hydrogen-bond donors (Lipinski definition) is 0. The Hall–Kier alpha value is -1.25. The number of halogens is 1. The first-order valence-corrected chi connectivity index (χ1v) is 8.95. The summed E-state index contributed by atoms with van der Waals surface area (Å²) in [7, 11) is 0. The van der Waals surface area contributed by atoms with Crippen LogP contribution in [0.15, 0.2) is 23.0 Å². The van der Waals surface area contributed by atoms with Crippen LogP contribution >= 0.6 is 0 Å². The van der Waals surface area contributed by atoms with E-state index in [1.807, 2.05) is 6.92 Å². The van der Waals surface area contributed by atoms with Crippen molar-refractivity contribution in [2.24, 2.45) is 28.6 Å². The van der Waals surface area contributed by atoms with Crippen molar-refractivity contribution < 1.29 is 14.0 Å². The van der Waals surface area contributed by atoms with Gasteiger partial charge in [0.25, 0.3) is 0 Å². The van der Waals surface area contributed by atoms with E-state index in [0.29, 0.717) is 36.4 Å². The molecule has 0 radical (unpaired) electrons. The molecule has 0 spiro atoms. The maximum Gasteiger partial charge on any atom is 0.214 e. The summed E-state index contributed by atoms with van der Waals surface area (Å²) in [5.74, 6) is 0.770. The number of fused-ring (bicyclic) bond motifs is 5. The van der Waals surface area contributed by atoms with Crippen molar-refractivity contribution in [1.82, 2.24) is 0 Å². The predicted molar refractivity (Wildman–Crippen MR) is 86.3 cm³/mol. The van der Waals surface area contributed by atoms with Crippen LogP contribution in [0.1, 0.15) is 59.3 Å². The molecule has 124 valence electrons. The summed E-state index contributed by atoms with van der Waals surface area (Å²) in [6, 6.07) is 0. The lowest BCUT2D eigenvalue weighted by Gasteiger charge is -2.57. The highest BCUT2D eigenvalue weighted by Crippen LogP contribution is 2.65. The molecule has 4 aliphatic rings. The zero-order valence-electron chi connectivity index (χ0n) is 14.2. The normalized spacial score (nSPS) is 46.3. The van der Waals surface area contributed by atoms with E-state index in [-0.39, 0.29) is 10.8 Å². The van der Waals surface area contributed by atoms with E-state index in [2.05, 4.69) is 13.8 Å². The van der Waals surface area contributed by atoms with E-state index in [0.717, 1.165) is 36.8 Å².